The van der Waals surface area contributed by atoms with Crippen LogP contribution in [0, 0.1) is 5.92 Å². The largest absolute Gasteiger partial charge is 0.317 e. The molecule has 1 saturated carbocycles. The van der Waals surface area contributed by atoms with Crippen LogP contribution >= 0.6 is 12.4 Å². The molecule has 1 aliphatic carbocycles. The molecule has 3 nitrogen and oxygen atoms in total. The second-order valence-corrected chi connectivity index (χ2v) is 6.24. The molecule has 0 bridgehead atoms. The summed E-state index contributed by atoms with van der Waals surface area (Å²) in [5.74, 6) is 0.952. The third-order valence-corrected chi connectivity index (χ3v) is 4.68. The molecule has 0 aromatic carbocycles. The third-order valence-electron chi connectivity index (χ3n) is 4.68. The minimum atomic E-state index is 0. The summed E-state index contributed by atoms with van der Waals surface area (Å²) in [6.45, 7) is 3.39. The van der Waals surface area contributed by atoms with Crippen LogP contribution in [0.2, 0.25) is 0 Å². The Hall–Kier alpha value is -0.120. The molecule has 0 amide bonds. The molecule has 0 aromatic rings. The maximum absolute atomic E-state index is 12.0. The van der Waals surface area contributed by atoms with Crippen molar-refractivity contribution in [2.24, 2.45) is 5.92 Å². The van der Waals surface area contributed by atoms with Gasteiger partial charge in [0.1, 0.15) is 5.78 Å². The lowest BCUT2D eigenvalue weighted by Gasteiger charge is -2.24. The number of piperidine rings is 1. The van der Waals surface area contributed by atoms with Crippen molar-refractivity contribution < 1.29 is 4.79 Å². The SMILES string of the molecule is Cl.O=C(CCCCNC1CCNCC1)C1CCCCC1. The van der Waals surface area contributed by atoms with E-state index in [0.717, 1.165) is 51.7 Å². The van der Waals surface area contributed by atoms with Gasteiger partial charge < -0.3 is 10.6 Å². The highest BCUT2D eigenvalue weighted by Gasteiger charge is 2.20. The van der Waals surface area contributed by atoms with Crippen molar-refractivity contribution in [3.05, 3.63) is 0 Å². The van der Waals surface area contributed by atoms with Gasteiger partial charge in [-0.25, -0.2) is 0 Å². The highest BCUT2D eigenvalue weighted by Crippen LogP contribution is 2.25. The first-order valence-corrected chi connectivity index (χ1v) is 8.33. The standard InChI is InChI=1S/C16H30N2O.ClH/c19-16(14-6-2-1-3-7-14)8-4-5-11-18-15-9-12-17-13-10-15;/h14-15,17-18H,1-13H2;1H. The average molecular weight is 303 g/mol. The number of carbonyl (C=O) groups excluding carboxylic acids is 1. The van der Waals surface area contributed by atoms with Gasteiger partial charge in [0.05, 0.1) is 0 Å². The maximum atomic E-state index is 12.0. The van der Waals surface area contributed by atoms with Gasteiger partial charge in [-0.2, -0.15) is 0 Å². The molecule has 2 aliphatic rings. The fraction of sp³-hybridized carbons (Fsp3) is 0.938. The molecule has 0 unspecified atom stereocenters. The van der Waals surface area contributed by atoms with Crippen molar-refractivity contribution in [1.29, 1.82) is 0 Å². The van der Waals surface area contributed by atoms with Crippen LogP contribution in [0.1, 0.15) is 64.2 Å². The summed E-state index contributed by atoms with van der Waals surface area (Å²) in [6, 6.07) is 0.704. The van der Waals surface area contributed by atoms with E-state index in [4.69, 9.17) is 0 Å². The van der Waals surface area contributed by atoms with E-state index in [2.05, 4.69) is 10.6 Å². The number of hydrogen-bond acceptors (Lipinski definition) is 3. The van der Waals surface area contributed by atoms with E-state index < -0.39 is 0 Å². The Kier molecular flexibility index (Phi) is 9.49. The van der Waals surface area contributed by atoms with Crippen LogP contribution in [0.3, 0.4) is 0 Å². The Balaban J connectivity index is 0.00000200. The predicted octanol–water partition coefficient (Wildman–Crippen LogP) is 3.07. The number of rotatable bonds is 7. The molecule has 1 heterocycles. The molecule has 2 N–H and O–H groups in total. The molecule has 118 valence electrons. The minimum absolute atomic E-state index is 0. The van der Waals surface area contributed by atoms with Gasteiger partial charge >= 0.3 is 0 Å². The van der Waals surface area contributed by atoms with E-state index in [1.807, 2.05) is 0 Å². The third kappa shape index (κ3) is 6.55. The van der Waals surface area contributed by atoms with E-state index in [1.165, 1.54) is 32.1 Å². The summed E-state index contributed by atoms with van der Waals surface area (Å²) in [5, 5.41) is 7.01. The van der Waals surface area contributed by atoms with Crippen molar-refractivity contribution in [2.75, 3.05) is 19.6 Å². The summed E-state index contributed by atoms with van der Waals surface area (Å²) in [5.41, 5.74) is 0. The van der Waals surface area contributed by atoms with Crippen molar-refractivity contribution in [3.63, 3.8) is 0 Å². The van der Waals surface area contributed by atoms with Crippen molar-refractivity contribution in [1.82, 2.24) is 10.6 Å². The molecule has 2 fully saturated rings. The first kappa shape index (κ1) is 17.9. The van der Waals surface area contributed by atoms with Gasteiger partial charge in [-0.1, -0.05) is 19.3 Å². The number of carbonyl (C=O) groups is 1. The molecule has 0 atom stereocenters. The quantitative estimate of drug-likeness (QED) is 0.710. The fourth-order valence-electron chi connectivity index (χ4n) is 3.39. The van der Waals surface area contributed by atoms with Crippen LogP contribution in [0.15, 0.2) is 0 Å². The molecular formula is C16H31ClN2O. The molecule has 2 rings (SSSR count). The number of unbranched alkanes of at least 4 members (excludes halogenated alkanes) is 1. The van der Waals surface area contributed by atoms with Gasteiger partial charge in [0.15, 0.2) is 0 Å². The minimum Gasteiger partial charge on any atom is -0.317 e. The predicted molar refractivity (Wildman–Crippen MR) is 86.6 cm³/mol. The van der Waals surface area contributed by atoms with E-state index in [0.29, 0.717) is 17.7 Å². The molecular weight excluding hydrogens is 272 g/mol. The fourth-order valence-corrected chi connectivity index (χ4v) is 3.39. The Morgan fingerprint density at radius 3 is 2.40 bits per heavy atom. The van der Waals surface area contributed by atoms with Crippen LogP contribution in [0.25, 0.3) is 0 Å². The summed E-state index contributed by atoms with van der Waals surface area (Å²) in [7, 11) is 0. The van der Waals surface area contributed by atoms with Crippen molar-refractivity contribution >= 4 is 18.2 Å². The first-order valence-electron chi connectivity index (χ1n) is 8.33. The Labute approximate surface area is 130 Å². The zero-order valence-electron chi connectivity index (χ0n) is 12.7. The topological polar surface area (TPSA) is 41.1 Å². The molecule has 4 heteroatoms. The molecule has 1 saturated heterocycles. The van der Waals surface area contributed by atoms with Gasteiger partial charge in [-0.05, 0) is 58.2 Å². The second kappa shape index (κ2) is 10.6. The number of Topliss-reactive ketones (excluding diaryl/α,β-unsaturated/α-hetero) is 1. The van der Waals surface area contributed by atoms with Gasteiger partial charge in [0.2, 0.25) is 0 Å². The maximum Gasteiger partial charge on any atom is 0.135 e. The number of hydrogen-bond donors (Lipinski definition) is 2. The summed E-state index contributed by atoms with van der Waals surface area (Å²) >= 11 is 0. The highest BCUT2D eigenvalue weighted by molar-refractivity contribution is 5.85. The van der Waals surface area contributed by atoms with Crippen LogP contribution in [-0.4, -0.2) is 31.5 Å². The molecule has 20 heavy (non-hydrogen) atoms. The average Bonchev–Trinajstić information content (AvgIpc) is 2.49. The number of ketones is 1. The lowest BCUT2D eigenvalue weighted by molar-refractivity contribution is -0.123. The molecule has 0 aromatic heterocycles. The molecule has 1 aliphatic heterocycles. The van der Waals surface area contributed by atoms with Crippen LogP contribution < -0.4 is 10.6 Å². The van der Waals surface area contributed by atoms with Gasteiger partial charge in [0.25, 0.3) is 0 Å². The van der Waals surface area contributed by atoms with E-state index in [1.54, 1.807) is 0 Å². The zero-order valence-corrected chi connectivity index (χ0v) is 13.5. The summed E-state index contributed by atoms with van der Waals surface area (Å²) < 4.78 is 0. The summed E-state index contributed by atoms with van der Waals surface area (Å²) in [4.78, 5) is 12.0. The van der Waals surface area contributed by atoms with Crippen molar-refractivity contribution in [2.45, 2.75) is 70.3 Å². The van der Waals surface area contributed by atoms with E-state index in [-0.39, 0.29) is 12.4 Å². The highest BCUT2D eigenvalue weighted by atomic mass is 35.5. The van der Waals surface area contributed by atoms with Crippen LogP contribution in [-0.2, 0) is 4.79 Å². The van der Waals surface area contributed by atoms with Crippen LogP contribution in [0.4, 0.5) is 0 Å². The van der Waals surface area contributed by atoms with Crippen molar-refractivity contribution in [3.8, 4) is 0 Å². The first-order chi connectivity index (χ1) is 9.36. The van der Waals surface area contributed by atoms with E-state index >= 15 is 0 Å². The Bertz CT molecular complexity index is 261. The lowest BCUT2D eigenvalue weighted by Crippen LogP contribution is -2.40. The Morgan fingerprint density at radius 2 is 1.70 bits per heavy atom. The smallest absolute Gasteiger partial charge is 0.135 e. The lowest BCUT2D eigenvalue weighted by atomic mass is 9.85. The van der Waals surface area contributed by atoms with Gasteiger partial charge in [-0.15, -0.1) is 12.4 Å². The monoisotopic (exact) mass is 302 g/mol. The number of nitrogens with one attached hydrogen (secondary N) is 2. The van der Waals surface area contributed by atoms with Gasteiger partial charge in [0, 0.05) is 18.4 Å². The normalized spacial score (nSPS) is 21.4. The molecule has 0 spiro atoms. The number of halogens is 1. The van der Waals surface area contributed by atoms with E-state index in [9.17, 15) is 4.79 Å². The second-order valence-electron chi connectivity index (χ2n) is 6.24. The zero-order chi connectivity index (χ0) is 13.3. The van der Waals surface area contributed by atoms with Gasteiger partial charge in [-0.3, -0.25) is 4.79 Å². The summed E-state index contributed by atoms with van der Waals surface area (Å²) in [6.07, 6.45) is 11.7. The van der Waals surface area contributed by atoms with Crippen LogP contribution in [0.5, 0.6) is 0 Å². The molecule has 0 radical (unpaired) electrons. The Morgan fingerprint density at radius 1 is 1.00 bits per heavy atom.